The normalized spacial score (nSPS) is 34.0. The summed E-state index contributed by atoms with van der Waals surface area (Å²) in [5.74, 6) is 0. The Hall–Kier alpha value is -1.86. The topological polar surface area (TPSA) is 0 Å². The molecule has 0 saturated carbocycles. The van der Waals surface area contributed by atoms with Crippen molar-refractivity contribution in [3.8, 4) is 0 Å². The number of hydrogen-bond donors (Lipinski definition) is 0. The molecule has 0 amide bonds. The summed E-state index contributed by atoms with van der Waals surface area (Å²) in [5.41, 5.74) is 0. The second-order valence-corrected chi connectivity index (χ2v) is 9.27. The summed E-state index contributed by atoms with van der Waals surface area (Å²) in [6, 6.07) is 0. The average molecular weight is 262 g/mol. The van der Waals surface area contributed by atoms with Crippen LogP contribution in [0.1, 0.15) is 0 Å². The van der Waals surface area contributed by atoms with Crippen molar-refractivity contribution in [1.82, 2.24) is 0 Å². The van der Waals surface area contributed by atoms with Crippen molar-refractivity contribution in [3.63, 3.8) is 0 Å². The van der Waals surface area contributed by atoms with Crippen LogP contribution < -0.4 is 0 Å². The lowest BCUT2D eigenvalue weighted by atomic mass is 10.3. The molecule has 0 unspecified atom stereocenters. The van der Waals surface area contributed by atoms with Crippen LogP contribution in [0.3, 0.4) is 0 Å². The van der Waals surface area contributed by atoms with E-state index in [2.05, 4.69) is 61.7 Å². The summed E-state index contributed by atoms with van der Waals surface area (Å²) in [6.45, 7) is 4.68. The molecule has 1 heteroatoms. The molecular formula is C18H18Si-2. The van der Waals surface area contributed by atoms with Crippen LogP contribution in [0.2, 0.25) is 13.1 Å². The highest BCUT2D eigenvalue weighted by Gasteiger charge is 2.20. The summed E-state index contributed by atoms with van der Waals surface area (Å²) >= 11 is 0. The minimum absolute atomic E-state index is 1.29. The molecule has 0 saturated heterocycles. The van der Waals surface area contributed by atoms with Crippen molar-refractivity contribution in [2.24, 2.45) is 0 Å². The highest BCUT2D eigenvalue weighted by molar-refractivity contribution is 6.91. The van der Waals surface area contributed by atoms with Crippen molar-refractivity contribution in [2.45, 2.75) is 13.1 Å². The largest absolute Gasteiger partial charge is 0.184 e. The second kappa shape index (κ2) is 6.35. The Morgan fingerprint density at radius 2 is 1.05 bits per heavy atom. The zero-order chi connectivity index (χ0) is 13.6. The Morgan fingerprint density at radius 3 is 1.53 bits per heavy atom. The summed E-state index contributed by atoms with van der Waals surface area (Å²) in [6.07, 6.45) is 31.5. The van der Waals surface area contributed by atoms with Gasteiger partial charge in [-0.2, -0.15) is 59.0 Å². The first-order chi connectivity index (χ1) is 9.21. The maximum atomic E-state index is 3.42. The highest BCUT2D eigenvalue weighted by Crippen LogP contribution is 2.26. The van der Waals surface area contributed by atoms with Crippen LogP contribution in [0.5, 0.6) is 0 Å². The molecule has 0 aliphatic heterocycles. The van der Waals surface area contributed by atoms with Crippen molar-refractivity contribution in [2.75, 3.05) is 0 Å². The Balaban J connectivity index is 2.36. The van der Waals surface area contributed by atoms with Gasteiger partial charge in [0.25, 0.3) is 0 Å². The van der Waals surface area contributed by atoms with Crippen LogP contribution in [0.15, 0.2) is 83.3 Å². The van der Waals surface area contributed by atoms with Gasteiger partial charge < -0.3 is 0 Å². The fourth-order valence-electron chi connectivity index (χ4n) is 1.97. The quantitative estimate of drug-likeness (QED) is 0.504. The molecule has 19 heavy (non-hydrogen) atoms. The van der Waals surface area contributed by atoms with Crippen molar-refractivity contribution < 1.29 is 0 Å². The van der Waals surface area contributed by atoms with Gasteiger partial charge in [-0.3, -0.25) is 0 Å². The van der Waals surface area contributed by atoms with Crippen molar-refractivity contribution in [3.05, 3.63) is 95.5 Å². The van der Waals surface area contributed by atoms with Gasteiger partial charge in [0.15, 0.2) is 0 Å². The number of allylic oxidation sites excluding steroid dienone is 16. The van der Waals surface area contributed by atoms with Gasteiger partial charge in [0.05, 0.1) is 8.07 Å². The van der Waals surface area contributed by atoms with E-state index < -0.39 is 8.07 Å². The number of hydrogen-bond acceptors (Lipinski definition) is 0. The molecule has 0 spiro atoms. The second-order valence-electron chi connectivity index (χ2n) is 4.95. The first-order valence-electron chi connectivity index (χ1n) is 6.49. The van der Waals surface area contributed by atoms with E-state index in [4.69, 9.17) is 0 Å². The molecule has 0 aromatic rings. The van der Waals surface area contributed by atoms with Crippen LogP contribution >= 0.6 is 0 Å². The summed E-state index contributed by atoms with van der Waals surface area (Å²) in [4.78, 5) is 0. The molecule has 0 bridgehead atoms. The van der Waals surface area contributed by atoms with Gasteiger partial charge >= 0.3 is 0 Å². The minimum atomic E-state index is -1.74. The minimum Gasteiger partial charge on any atom is -0.184 e. The van der Waals surface area contributed by atoms with Crippen molar-refractivity contribution in [1.29, 1.82) is 0 Å². The Kier molecular flexibility index (Phi) is 4.53. The molecule has 0 aromatic heterocycles. The van der Waals surface area contributed by atoms with E-state index >= 15 is 0 Å². The van der Waals surface area contributed by atoms with E-state index in [0.717, 1.165) is 0 Å². The lowest BCUT2D eigenvalue weighted by Gasteiger charge is -2.33. The van der Waals surface area contributed by atoms with Crippen LogP contribution in [-0.4, -0.2) is 8.07 Å². The third-order valence-corrected chi connectivity index (χ3v) is 6.52. The van der Waals surface area contributed by atoms with Crippen LogP contribution in [0, 0.1) is 12.2 Å². The molecule has 2 rings (SSSR count). The van der Waals surface area contributed by atoms with Gasteiger partial charge in [-0.05, 0) is 0 Å². The molecule has 0 fully saturated rings. The summed E-state index contributed by atoms with van der Waals surface area (Å²) < 4.78 is 0. The monoisotopic (exact) mass is 262 g/mol. The molecule has 0 radical (unpaired) electrons. The Labute approximate surface area is 117 Å². The smallest absolute Gasteiger partial charge is 0.0610 e. The van der Waals surface area contributed by atoms with Gasteiger partial charge in [0.2, 0.25) is 0 Å². The molecule has 0 atom stereocenters. The first kappa shape index (κ1) is 13.6. The average Bonchev–Trinajstić information content (AvgIpc) is 2.26. The highest BCUT2D eigenvalue weighted by atomic mass is 28.3. The molecular weight excluding hydrogens is 244 g/mol. The lowest BCUT2D eigenvalue weighted by Crippen LogP contribution is -2.31. The van der Waals surface area contributed by atoms with E-state index in [9.17, 15) is 0 Å². The molecule has 0 heterocycles. The third kappa shape index (κ3) is 3.55. The maximum absolute atomic E-state index is 3.42. The van der Waals surface area contributed by atoms with Crippen LogP contribution in [-0.2, 0) is 0 Å². The predicted octanol–water partition coefficient (Wildman–Crippen LogP) is 4.60. The molecule has 2 aliphatic rings. The van der Waals surface area contributed by atoms with E-state index in [-0.39, 0.29) is 0 Å². The standard InChI is InChI=1S/C18H18Si/c1-19(2,17-13-9-5-3-6-10-14-17)18-15-11-7-4-8-12-16-18/h3-13,15H,1-2H3/q-2/b5-3-,6-3?,7-4-,8-4?,9-5?,10-6-,11-7?,12-8-,13-9-,15-11-,17-13?,18-15?. The summed E-state index contributed by atoms with van der Waals surface area (Å²) in [7, 11) is -1.74. The Bertz CT molecular complexity index is 508. The predicted molar refractivity (Wildman–Crippen MR) is 85.8 cm³/mol. The molecule has 96 valence electrons. The third-order valence-electron chi connectivity index (χ3n) is 3.21. The van der Waals surface area contributed by atoms with E-state index in [1.807, 2.05) is 36.5 Å². The van der Waals surface area contributed by atoms with Gasteiger partial charge in [-0.25, -0.2) is 0 Å². The van der Waals surface area contributed by atoms with Crippen molar-refractivity contribution >= 4 is 8.07 Å². The van der Waals surface area contributed by atoms with E-state index in [1.165, 1.54) is 10.4 Å². The summed E-state index contributed by atoms with van der Waals surface area (Å²) in [5, 5.41) is 2.58. The maximum Gasteiger partial charge on any atom is 0.0610 e. The molecule has 0 nitrogen and oxygen atoms in total. The fourth-order valence-corrected chi connectivity index (χ4v) is 4.17. The lowest BCUT2D eigenvalue weighted by molar-refractivity contribution is 1.56. The van der Waals surface area contributed by atoms with Gasteiger partial charge in [0, 0.05) is 0 Å². The SMILES string of the molecule is C[Si](C)(C1=[C-]/C=C\C=C/C=C\1)C1=[C-]/C=C\C=C/C=C\1. The van der Waals surface area contributed by atoms with E-state index in [0.29, 0.717) is 0 Å². The van der Waals surface area contributed by atoms with E-state index in [1.54, 1.807) is 0 Å². The zero-order valence-corrected chi connectivity index (χ0v) is 12.4. The molecule has 0 aromatic carbocycles. The molecule has 0 N–H and O–H groups in total. The molecule has 2 aliphatic carbocycles. The van der Waals surface area contributed by atoms with Gasteiger partial charge in [0.1, 0.15) is 0 Å². The fraction of sp³-hybridized carbons (Fsp3) is 0.111. The first-order valence-corrected chi connectivity index (χ1v) is 9.49. The van der Waals surface area contributed by atoms with Gasteiger partial charge in [-0.1, -0.05) is 25.2 Å². The van der Waals surface area contributed by atoms with Crippen LogP contribution in [0.4, 0.5) is 0 Å². The van der Waals surface area contributed by atoms with Crippen LogP contribution in [0.25, 0.3) is 0 Å². The Morgan fingerprint density at radius 1 is 0.632 bits per heavy atom. The zero-order valence-electron chi connectivity index (χ0n) is 11.4. The van der Waals surface area contributed by atoms with Gasteiger partial charge in [-0.15, -0.1) is 24.3 Å². The number of rotatable bonds is 2.